The minimum Gasteiger partial charge on any atom is -1.00 e. The van der Waals surface area contributed by atoms with Crippen LogP contribution in [0.5, 0.6) is 0 Å². The van der Waals surface area contributed by atoms with Crippen LogP contribution in [0.3, 0.4) is 0 Å². The van der Waals surface area contributed by atoms with Crippen molar-refractivity contribution < 1.29 is 45.9 Å². The zero-order chi connectivity index (χ0) is 11.5. The molecule has 0 atom stereocenters. The number of rotatable bonds is 3. The van der Waals surface area contributed by atoms with Gasteiger partial charge in [-0.15, -0.1) is 16.9 Å². The monoisotopic (exact) mass is 523 g/mol. The molecule has 3 N–H and O–H groups in total. The fourth-order valence-electron chi connectivity index (χ4n) is 1.67. The molecule has 0 saturated heterocycles. The number of para-hydroxylation sites is 1. The quantitative estimate of drug-likeness (QED) is 0.381. The smallest absolute Gasteiger partial charge is 1.00 e. The zero-order valence-corrected chi connectivity index (χ0v) is 15.5. The van der Waals surface area contributed by atoms with Crippen molar-refractivity contribution in [1.29, 1.82) is 0 Å². The summed E-state index contributed by atoms with van der Waals surface area (Å²) in [4.78, 5) is 1.24. The Bertz CT molecular complexity index is 636. The van der Waals surface area contributed by atoms with Gasteiger partial charge in [0.25, 0.3) is 0 Å². The van der Waals surface area contributed by atoms with Crippen LogP contribution in [0.25, 0.3) is 11.0 Å². The van der Waals surface area contributed by atoms with Crippen molar-refractivity contribution in [2.24, 2.45) is 0 Å². The molecular formula is C13H14Cl2N4PtS. The first-order valence-electron chi connectivity index (χ1n) is 5.39. The molecule has 2 aromatic carbocycles. The molecule has 0 radical (unpaired) electrons. The number of hydrogen-bond acceptors (Lipinski definition) is 4. The van der Waals surface area contributed by atoms with Crippen LogP contribution in [-0.4, -0.2) is 15.0 Å². The Labute approximate surface area is 154 Å². The molecule has 0 aliphatic carbocycles. The second-order valence-electron chi connectivity index (χ2n) is 3.66. The topological polar surface area (TPSA) is 65.7 Å². The van der Waals surface area contributed by atoms with E-state index < -0.39 is 0 Å². The van der Waals surface area contributed by atoms with Gasteiger partial charge >= 0.3 is 21.1 Å². The van der Waals surface area contributed by atoms with Crippen LogP contribution in [-0.2, 0) is 26.9 Å². The van der Waals surface area contributed by atoms with Crippen molar-refractivity contribution in [3.8, 4) is 0 Å². The van der Waals surface area contributed by atoms with E-state index in [2.05, 4.69) is 22.4 Å². The molecule has 0 fully saturated rings. The summed E-state index contributed by atoms with van der Waals surface area (Å²) in [6.07, 6.45) is 0. The van der Waals surface area contributed by atoms with Crippen LogP contribution < -0.4 is 31.0 Å². The van der Waals surface area contributed by atoms with Gasteiger partial charge in [-0.2, -0.15) is 0 Å². The molecule has 116 valence electrons. The summed E-state index contributed by atoms with van der Waals surface area (Å²) in [7, 11) is 0. The predicted octanol–water partition coefficient (Wildman–Crippen LogP) is -2.65. The Balaban J connectivity index is 0. The molecule has 8 heteroatoms. The van der Waals surface area contributed by atoms with Crippen molar-refractivity contribution >= 4 is 22.8 Å². The predicted molar refractivity (Wildman–Crippen MR) is 74.8 cm³/mol. The van der Waals surface area contributed by atoms with E-state index in [9.17, 15) is 0 Å². The molecule has 0 aliphatic heterocycles. The van der Waals surface area contributed by atoms with Gasteiger partial charge in [0.1, 0.15) is 5.52 Å². The summed E-state index contributed by atoms with van der Waals surface area (Å²) in [5.41, 5.74) is 2.03. The van der Waals surface area contributed by atoms with Crippen LogP contribution in [0.1, 0.15) is 0 Å². The maximum atomic E-state index is 4.16. The van der Waals surface area contributed by atoms with Crippen LogP contribution >= 0.6 is 11.8 Å². The van der Waals surface area contributed by atoms with E-state index in [0.29, 0.717) is 0 Å². The van der Waals surface area contributed by atoms with Gasteiger partial charge in [-0.25, -0.2) is 4.68 Å². The number of halogens is 2. The Kier molecular flexibility index (Phi) is 11.9. The van der Waals surface area contributed by atoms with E-state index in [1.165, 1.54) is 4.90 Å². The van der Waals surface area contributed by atoms with E-state index in [0.717, 1.165) is 16.9 Å². The van der Waals surface area contributed by atoms with Crippen LogP contribution in [0.4, 0.5) is 0 Å². The first-order chi connectivity index (χ1) is 8.43. The molecule has 0 unspecified atom stereocenters. The van der Waals surface area contributed by atoms with Crippen LogP contribution in [0.15, 0.2) is 59.5 Å². The third-order valence-corrected chi connectivity index (χ3v) is 3.50. The Morgan fingerprint density at radius 2 is 1.52 bits per heavy atom. The first-order valence-corrected chi connectivity index (χ1v) is 6.38. The molecule has 21 heavy (non-hydrogen) atoms. The number of hydrogen-bond donors (Lipinski definition) is 1. The number of aromatic nitrogens is 3. The largest absolute Gasteiger partial charge is 2.00 e. The van der Waals surface area contributed by atoms with E-state index in [-0.39, 0.29) is 52.0 Å². The molecule has 0 saturated carbocycles. The zero-order valence-electron chi connectivity index (χ0n) is 10.9. The van der Waals surface area contributed by atoms with Crippen molar-refractivity contribution in [2.45, 2.75) is 10.8 Å². The Morgan fingerprint density at radius 3 is 2.24 bits per heavy atom. The standard InChI is InChI=1S/C13H11N3S.2ClH.H3N.Pt/c1-2-6-11(7-3-1)17-10-16-13-9-5-4-8-12(13)14-15-16;;;;/h1-9H,10H2;2*1H;1H3;/q;;;;+2/p-2. The summed E-state index contributed by atoms with van der Waals surface area (Å²) >= 11 is 1.75. The fourth-order valence-corrected chi connectivity index (χ4v) is 2.48. The van der Waals surface area contributed by atoms with Gasteiger partial charge in [-0.05, 0) is 24.3 Å². The van der Waals surface area contributed by atoms with Crippen molar-refractivity contribution in [2.75, 3.05) is 0 Å². The van der Waals surface area contributed by atoms with Gasteiger partial charge in [0.05, 0.1) is 11.4 Å². The normalized spacial score (nSPS) is 8.76. The summed E-state index contributed by atoms with van der Waals surface area (Å²) in [6.45, 7) is 0. The summed E-state index contributed by atoms with van der Waals surface area (Å²) in [5.74, 6) is 0.782. The molecule has 1 aromatic heterocycles. The van der Waals surface area contributed by atoms with E-state index in [1.807, 2.05) is 47.1 Å². The number of thioether (sulfide) groups is 1. The van der Waals surface area contributed by atoms with Crippen LogP contribution in [0.2, 0.25) is 0 Å². The summed E-state index contributed by atoms with van der Waals surface area (Å²) in [5, 5.41) is 8.29. The van der Waals surface area contributed by atoms with Gasteiger partial charge in [0, 0.05) is 4.90 Å². The van der Waals surface area contributed by atoms with Crippen molar-refractivity contribution in [3.63, 3.8) is 0 Å². The van der Waals surface area contributed by atoms with Crippen LogP contribution in [0, 0.1) is 0 Å². The molecule has 3 rings (SSSR count). The second-order valence-corrected chi connectivity index (χ2v) is 4.68. The molecule has 1 heterocycles. The average Bonchev–Trinajstić information content (AvgIpc) is 2.81. The van der Waals surface area contributed by atoms with E-state index in [4.69, 9.17) is 0 Å². The molecule has 0 bridgehead atoms. The molecular weight excluding hydrogens is 510 g/mol. The second kappa shape index (κ2) is 11.0. The third-order valence-electron chi connectivity index (χ3n) is 2.52. The maximum absolute atomic E-state index is 4.16. The van der Waals surface area contributed by atoms with Gasteiger partial charge < -0.3 is 31.0 Å². The first kappa shape index (κ1) is 22.7. The minimum atomic E-state index is 0. The fraction of sp³-hybridized carbons (Fsp3) is 0.0769. The SMILES string of the molecule is N.[Cl-].[Cl-].[Pt+2].c1ccc(SCn2nnc3ccccc32)cc1. The number of benzene rings is 2. The Hall–Kier alpha value is -0.582. The van der Waals surface area contributed by atoms with Gasteiger partial charge in [0.15, 0.2) is 0 Å². The third kappa shape index (κ3) is 5.61. The molecule has 4 nitrogen and oxygen atoms in total. The molecule has 0 spiro atoms. The summed E-state index contributed by atoms with van der Waals surface area (Å²) < 4.78 is 1.92. The van der Waals surface area contributed by atoms with Crippen molar-refractivity contribution in [1.82, 2.24) is 21.1 Å². The van der Waals surface area contributed by atoms with E-state index >= 15 is 0 Å². The number of fused-ring (bicyclic) bond motifs is 1. The maximum Gasteiger partial charge on any atom is 2.00 e. The van der Waals surface area contributed by atoms with Crippen molar-refractivity contribution in [3.05, 3.63) is 54.6 Å². The molecule has 0 aliphatic rings. The number of nitrogens with zero attached hydrogens (tertiary/aromatic N) is 3. The molecule has 0 amide bonds. The summed E-state index contributed by atoms with van der Waals surface area (Å²) in [6, 6.07) is 18.3. The Morgan fingerprint density at radius 1 is 0.905 bits per heavy atom. The van der Waals surface area contributed by atoms with Gasteiger partial charge in [-0.1, -0.05) is 35.5 Å². The van der Waals surface area contributed by atoms with E-state index in [1.54, 1.807) is 11.8 Å². The van der Waals surface area contributed by atoms with Gasteiger partial charge in [0.2, 0.25) is 0 Å². The average molecular weight is 524 g/mol. The molecule has 3 aromatic rings. The minimum absolute atomic E-state index is 0. The van der Waals surface area contributed by atoms with Gasteiger partial charge in [-0.3, -0.25) is 0 Å².